The van der Waals surface area contributed by atoms with Crippen LogP contribution in [0, 0.1) is 11.3 Å². The minimum absolute atomic E-state index is 0.247. The Morgan fingerprint density at radius 2 is 2.21 bits per heavy atom. The predicted molar refractivity (Wildman–Crippen MR) is 62.5 cm³/mol. The van der Waals surface area contributed by atoms with E-state index in [0.29, 0.717) is 4.83 Å². The van der Waals surface area contributed by atoms with Crippen molar-refractivity contribution in [3.8, 4) is 0 Å². The van der Waals surface area contributed by atoms with Crippen LogP contribution >= 0.6 is 15.9 Å². The van der Waals surface area contributed by atoms with E-state index < -0.39 is 0 Å². The Labute approximate surface area is 95.0 Å². The second-order valence-electron chi connectivity index (χ2n) is 4.96. The van der Waals surface area contributed by atoms with Gasteiger partial charge < -0.3 is 5.32 Å². The standard InChI is InChI=1S/C11H20BrNO/c1-8(12)5-4-6-13-10(14)9-7-11(9,2)3/h8-9H,4-7H2,1-3H3,(H,13,14). The van der Waals surface area contributed by atoms with Gasteiger partial charge in [-0.15, -0.1) is 0 Å². The van der Waals surface area contributed by atoms with Gasteiger partial charge in [0.2, 0.25) is 5.91 Å². The van der Waals surface area contributed by atoms with Crippen LogP contribution in [-0.4, -0.2) is 17.3 Å². The third-order valence-corrected chi connectivity index (χ3v) is 3.37. The summed E-state index contributed by atoms with van der Waals surface area (Å²) in [5.74, 6) is 0.515. The number of amides is 1. The van der Waals surface area contributed by atoms with Crippen molar-refractivity contribution in [2.75, 3.05) is 6.54 Å². The molecule has 0 aliphatic heterocycles. The maximum atomic E-state index is 11.5. The van der Waals surface area contributed by atoms with E-state index >= 15 is 0 Å². The molecule has 1 N–H and O–H groups in total. The number of hydrogen-bond donors (Lipinski definition) is 1. The summed E-state index contributed by atoms with van der Waals surface area (Å²) in [6.07, 6.45) is 3.23. The average Bonchev–Trinajstić information content (AvgIpc) is 2.68. The molecule has 82 valence electrons. The first-order chi connectivity index (χ1) is 6.43. The Hall–Kier alpha value is -0.0500. The SMILES string of the molecule is CC(Br)CCCNC(=O)C1CC1(C)C. The fraction of sp³-hybridized carbons (Fsp3) is 0.909. The van der Waals surface area contributed by atoms with E-state index in [1.807, 2.05) is 0 Å². The monoisotopic (exact) mass is 261 g/mol. The summed E-state index contributed by atoms with van der Waals surface area (Å²) in [5, 5.41) is 3.00. The summed E-state index contributed by atoms with van der Waals surface area (Å²) >= 11 is 3.49. The lowest BCUT2D eigenvalue weighted by atomic mass is 10.1. The first kappa shape index (κ1) is 12.0. The first-order valence-electron chi connectivity index (χ1n) is 5.35. The summed E-state index contributed by atoms with van der Waals surface area (Å²) in [5.41, 5.74) is 0.257. The maximum absolute atomic E-state index is 11.5. The Bertz CT molecular complexity index is 213. The largest absolute Gasteiger partial charge is 0.356 e. The van der Waals surface area contributed by atoms with E-state index in [-0.39, 0.29) is 17.2 Å². The third kappa shape index (κ3) is 3.60. The molecule has 2 nitrogen and oxygen atoms in total. The summed E-state index contributed by atoms with van der Waals surface area (Å²) in [6, 6.07) is 0. The molecule has 1 fully saturated rings. The lowest BCUT2D eigenvalue weighted by molar-refractivity contribution is -0.122. The van der Waals surface area contributed by atoms with Crippen LogP contribution in [0.1, 0.15) is 40.0 Å². The van der Waals surface area contributed by atoms with Crippen LogP contribution in [-0.2, 0) is 4.79 Å². The highest BCUT2D eigenvalue weighted by atomic mass is 79.9. The molecule has 1 rings (SSSR count). The van der Waals surface area contributed by atoms with Crippen molar-refractivity contribution in [3.05, 3.63) is 0 Å². The second kappa shape index (κ2) is 4.65. The highest BCUT2D eigenvalue weighted by molar-refractivity contribution is 9.09. The van der Waals surface area contributed by atoms with Crippen molar-refractivity contribution >= 4 is 21.8 Å². The number of carbonyl (C=O) groups excluding carboxylic acids is 1. The number of halogens is 1. The van der Waals surface area contributed by atoms with E-state index in [1.54, 1.807) is 0 Å². The van der Waals surface area contributed by atoms with E-state index in [9.17, 15) is 4.79 Å². The van der Waals surface area contributed by atoms with Gasteiger partial charge in [0.25, 0.3) is 0 Å². The Morgan fingerprint density at radius 3 is 2.64 bits per heavy atom. The van der Waals surface area contributed by atoms with Gasteiger partial charge in [0, 0.05) is 17.3 Å². The van der Waals surface area contributed by atoms with Crippen molar-refractivity contribution in [2.24, 2.45) is 11.3 Å². The van der Waals surface area contributed by atoms with Gasteiger partial charge in [-0.1, -0.05) is 36.7 Å². The molecule has 0 heterocycles. The van der Waals surface area contributed by atoms with Crippen LogP contribution in [0.25, 0.3) is 0 Å². The van der Waals surface area contributed by atoms with Gasteiger partial charge in [-0.25, -0.2) is 0 Å². The molecule has 0 spiro atoms. The van der Waals surface area contributed by atoms with Crippen molar-refractivity contribution < 1.29 is 4.79 Å². The molecule has 0 aromatic rings. The third-order valence-electron chi connectivity index (χ3n) is 2.91. The van der Waals surface area contributed by atoms with Crippen LogP contribution in [0.5, 0.6) is 0 Å². The number of rotatable bonds is 5. The van der Waals surface area contributed by atoms with E-state index in [0.717, 1.165) is 25.8 Å². The molecule has 1 aliphatic carbocycles. The number of nitrogens with one attached hydrogen (secondary N) is 1. The van der Waals surface area contributed by atoms with E-state index in [1.165, 1.54) is 0 Å². The second-order valence-corrected chi connectivity index (χ2v) is 6.52. The van der Waals surface area contributed by atoms with Gasteiger partial charge in [0.1, 0.15) is 0 Å². The topological polar surface area (TPSA) is 29.1 Å². The van der Waals surface area contributed by atoms with Crippen LogP contribution < -0.4 is 5.32 Å². The Balaban J connectivity index is 2.06. The van der Waals surface area contributed by atoms with Crippen LogP contribution in [0.15, 0.2) is 0 Å². The zero-order chi connectivity index (χ0) is 10.8. The van der Waals surface area contributed by atoms with Crippen molar-refractivity contribution in [1.29, 1.82) is 0 Å². The maximum Gasteiger partial charge on any atom is 0.223 e. The lowest BCUT2D eigenvalue weighted by Crippen LogP contribution is -2.27. The Kier molecular flexibility index (Phi) is 3.99. The minimum atomic E-state index is 0.247. The molecule has 0 saturated heterocycles. The predicted octanol–water partition coefficient (Wildman–Crippen LogP) is 2.71. The van der Waals surface area contributed by atoms with Crippen LogP contribution in [0.2, 0.25) is 0 Å². The molecule has 0 radical (unpaired) electrons. The summed E-state index contributed by atoms with van der Waals surface area (Å²) < 4.78 is 0. The zero-order valence-electron chi connectivity index (χ0n) is 9.27. The molecule has 2 atom stereocenters. The van der Waals surface area contributed by atoms with Gasteiger partial charge in [-0.2, -0.15) is 0 Å². The fourth-order valence-corrected chi connectivity index (χ4v) is 1.96. The molecule has 0 aromatic carbocycles. The van der Waals surface area contributed by atoms with Crippen LogP contribution in [0.4, 0.5) is 0 Å². The fourth-order valence-electron chi connectivity index (χ4n) is 1.63. The Morgan fingerprint density at radius 1 is 1.64 bits per heavy atom. The van der Waals surface area contributed by atoms with Crippen molar-refractivity contribution in [3.63, 3.8) is 0 Å². The highest BCUT2D eigenvalue weighted by Gasteiger charge is 2.50. The summed E-state index contributed by atoms with van der Waals surface area (Å²) in [6.45, 7) is 7.25. The number of alkyl halides is 1. The van der Waals surface area contributed by atoms with E-state index in [2.05, 4.69) is 42.0 Å². The normalized spacial score (nSPS) is 25.6. The number of carbonyl (C=O) groups is 1. The molecule has 2 unspecified atom stereocenters. The highest BCUT2D eigenvalue weighted by Crippen LogP contribution is 2.51. The van der Waals surface area contributed by atoms with E-state index in [4.69, 9.17) is 0 Å². The molecule has 3 heteroatoms. The van der Waals surface area contributed by atoms with Crippen molar-refractivity contribution in [1.82, 2.24) is 5.32 Å². The lowest BCUT2D eigenvalue weighted by Gasteiger charge is -2.07. The molecule has 0 bridgehead atoms. The number of hydrogen-bond acceptors (Lipinski definition) is 1. The van der Waals surface area contributed by atoms with Gasteiger partial charge in [-0.05, 0) is 24.7 Å². The molecule has 0 aromatic heterocycles. The van der Waals surface area contributed by atoms with Gasteiger partial charge in [0.15, 0.2) is 0 Å². The average molecular weight is 262 g/mol. The van der Waals surface area contributed by atoms with Crippen molar-refractivity contribution in [2.45, 2.75) is 44.9 Å². The van der Waals surface area contributed by atoms with Gasteiger partial charge in [0.05, 0.1) is 0 Å². The molecule has 1 saturated carbocycles. The van der Waals surface area contributed by atoms with Gasteiger partial charge >= 0.3 is 0 Å². The molecular formula is C11H20BrNO. The minimum Gasteiger partial charge on any atom is -0.356 e. The molecule has 1 aliphatic rings. The molecule has 1 amide bonds. The zero-order valence-corrected chi connectivity index (χ0v) is 10.9. The smallest absolute Gasteiger partial charge is 0.223 e. The summed E-state index contributed by atoms with van der Waals surface area (Å²) in [4.78, 5) is 12.1. The molecule has 14 heavy (non-hydrogen) atoms. The summed E-state index contributed by atoms with van der Waals surface area (Å²) in [7, 11) is 0. The van der Waals surface area contributed by atoms with Gasteiger partial charge in [-0.3, -0.25) is 4.79 Å². The first-order valence-corrected chi connectivity index (χ1v) is 6.27. The quantitative estimate of drug-likeness (QED) is 0.599. The molecular weight excluding hydrogens is 242 g/mol. The van der Waals surface area contributed by atoms with Crippen LogP contribution in [0.3, 0.4) is 0 Å².